The molecule has 2 aromatic rings. The monoisotopic (exact) mass is 416 g/mol. The van der Waals surface area contributed by atoms with Crippen LogP contribution in [0.25, 0.3) is 0 Å². The molecule has 152 valence electrons. The van der Waals surface area contributed by atoms with Gasteiger partial charge in [-0.15, -0.1) is 0 Å². The molecule has 0 radical (unpaired) electrons. The van der Waals surface area contributed by atoms with E-state index in [0.717, 1.165) is 12.1 Å². The molecule has 1 aliphatic rings. The van der Waals surface area contributed by atoms with Crippen LogP contribution in [-0.4, -0.2) is 55.8 Å². The van der Waals surface area contributed by atoms with Crippen molar-refractivity contribution in [2.75, 3.05) is 31.5 Å². The fourth-order valence-corrected chi connectivity index (χ4v) is 4.60. The number of carbonyl (C=O) groups excluding carboxylic acids is 1. The molecule has 1 saturated heterocycles. The molecule has 9 heteroatoms. The van der Waals surface area contributed by atoms with Crippen LogP contribution in [0, 0.1) is 17.1 Å². The molecule has 1 amide bonds. The molecular weight excluding hydrogens is 395 g/mol. The highest BCUT2D eigenvalue weighted by Crippen LogP contribution is 2.20. The molecule has 1 aliphatic heterocycles. The van der Waals surface area contributed by atoms with Crippen molar-refractivity contribution in [1.29, 1.82) is 5.26 Å². The van der Waals surface area contributed by atoms with Gasteiger partial charge >= 0.3 is 0 Å². The van der Waals surface area contributed by atoms with Crippen LogP contribution < -0.4 is 5.32 Å². The molecule has 0 bridgehead atoms. The minimum Gasteiger partial charge on any atom is -0.324 e. The van der Waals surface area contributed by atoms with Crippen molar-refractivity contribution in [2.24, 2.45) is 0 Å². The number of halogens is 1. The van der Waals surface area contributed by atoms with Crippen LogP contribution in [0.15, 0.2) is 53.4 Å². The number of hydrogen-bond acceptors (Lipinski definition) is 5. The number of para-hydroxylation sites is 1. The Labute approximate surface area is 169 Å². The van der Waals surface area contributed by atoms with Crippen LogP contribution in [0.5, 0.6) is 0 Å². The Kier molecular flexibility index (Phi) is 6.27. The van der Waals surface area contributed by atoms with Gasteiger partial charge in [-0.25, -0.2) is 12.8 Å². The van der Waals surface area contributed by atoms with Crippen molar-refractivity contribution in [3.63, 3.8) is 0 Å². The van der Waals surface area contributed by atoms with Crippen molar-refractivity contribution in [1.82, 2.24) is 9.21 Å². The SMILES string of the molecule is C[C@H](C(=O)Nc1ccccc1C#N)N1CCN(S(=O)(=O)c2ccc(F)cc2)CC1. The number of amides is 1. The van der Waals surface area contributed by atoms with Crippen molar-refractivity contribution in [3.05, 3.63) is 59.9 Å². The molecule has 0 unspecified atom stereocenters. The summed E-state index contributed by atoms with van der Waals surface area (Å²) in [7, 11) is -3.70. The number of nitrogens with zero attached hydrogens (tertiary/aromatic N) is 3. The van der Waals surface area contributed by atoms with Crippen LogP contribution in [0.4, 0.5) is 10.1 Å². The van der Waals surface area contributed by atoms with Gasteiger partial charge in [-0.1, -0.05) is 12.1 Å². The molecule has 0 saturated carbocycles. The fourth-order valence-electron chi connectivity index (χ4n) is 3.18. The summed E-state index contributed by atoms with van der Waals surface area (Å²) in [4.78, 5) is 14.5. The predicted molar refractivity (Wildman–Crippen MR) is 106 cm³/mol. The Bertz CT molecular complexity index is 1030. The highest BCUT2D eigenvalue weighted by atomic mass is 32.2. The molecule has 1 N–H and O–H groups in total. The lowest BCUT2D eigenvalue weighted by Crippen LogP contribution is -2.53. The quantitative estimate of drug-likeness (QED) is 0.805. The lowest BCUT2D eigenvalue weighted by atomic mass is 10.1. The van der Waals surface area contributed by atoms with E-state index in [-0.39, 0.29) is 23.9 Å². The van der Waals surface area contributed by atoms with Gasteiger partial charge in [0, 0.05) is 26.2 Å². The molecule has 29 heavy (non-hydrogen) atoms. The summed E-state index contributed by atoms with van der Waals surface area (Å²) in [5.41, 5.74) is 0.827. The third kappa shape index (κ3) is 4.62. The first-order chi connectivity index (χ1) is 13.8. The van der Waals surface area contributed by atoms with Crippen LogP contribution in [0.1, 0.15) is 12.5 Å². The summed E-state index contributed by atoms with van der Waals surface area (Å²) in [5, 5.41) is 11.9. The molecule has 0 aliphatic carbocycles. The van der Waals surface area contributed by atoms with Gasteiger partial charge in [0.15, 0.2) is 0 Å². The number of carbonyl (C=O) groups is 1. The van der Waals surface area contributed by atoms with Crippen LogP contribution >= 0.6 is 0 Å². The molecule has 0 aromatic heterocycles. The van der Waals surface area contributed by atoms with E-state index < -0.39 is 21.9 Å². The highest BCUT2D eigenvalue weighted by molar-refractivity contribution is 7.89. The van der Waals surface area contributed by atoms with E-state index in [4.69, 9.17) is 5.26 Å². The smallest absolute Gasteiger partial charge is 0.243 e. The topological polar surface area (TPSA) is 93.5 Å². The summed E-state index contributed by atoms with van der Waals surface area (Å²) in [6.45, 7) is 2.97. The normalized spacial score (nSPS) is 16.7. The average Bonchev–Trinajstić information content (AvgIpc) is 2.74. The standard InChI is InChI=1S/C20H21FN4O3S/c1-15(20(26)23-19-5-3-2-4-16(19)14-22)24-10-12-25(13-11-24)29(27,28)18-8-6-17(21)7-9-18/h2-9,15H,10-13H2,1H3,(H,23,26)/t15-/m1/s1. The fraction of sp³-hybridized carbons (Fsp3) is 0.300. The molecule has 1 heterocycles. The molecule has 7 nitrogen and oxygen atoms in total. The number of nitriles is 1. The summed E-state index contributed by atoms with van der Waals surface area (Å²) in [6, 6.07) is 13.0. The van der Waals surface area contributed by atoms with E-state index >= 15 is 0 Å². The van der Waals surface area contributed by atoms with Gasteiger partial charge in [-0.2, -0.15) is 9.57 Å². The predicted octanol–water partition coefficient (Wildman–Crippen LogP) is 2.03. The minimum atomic E-state index is -3.70. The van der Waals surface area contributed by atoms with E-state index in [1.54, 1.807) is 31.2 Å². The van der Waals surface area contributed by atoms with E-state index in [0.29, 0.717) is 24.3 Å². The van der Waals surface area contributed by atoms with Gasteiger partial charge in [-0.3, -0.25) is 9.69 Å². The maximum absolute atomic E-state index is 13.1. The van der Waals surface area contributed by atoms with Gasteiger partial charge in [-0.05, 0) is 43.3 Å². The lowest BCUT2D eigenvalue weighted by molar-refractivity contribution is -0.121. The minimum absolute atomic E-state index is 0.0475. The largest absolute Gasteiger partial charge is 0.324 e. The van der Waals surface area contributed by atoms with Gasteiger partial charge in [0.25, 0.3) is 0 Å². The lowest BCUT2D eigenvalue weighted by Gasteiger charge is -2.36. The molecular formula is C20H21FN4O3S. The zero-order valence-electron chi connectivity index (χ0n) is 15.9. The Balaban J connectivity index is 1.62. The maximum Gasteiger partial charge on any atom is 0.243 e. The van der Waals surface area contributed by atoms with Crippen LogP contribution in [0.3, 0.4) is 0 Å². The maximum atomic E-state index is 13.1. The summed E-state index contributed by atoms with van der Waals surface area (Å²) in [6.07, 6.45) is 0. The van der Waals surface area contributed by atoms with Crippen LogP contribution in [-0.2, 0) is 14.8 Å². The van der Waals surface area contributed by atoms with E-state index in [1.807, 2.05) is 11.0 Å². The number of sulfonamides is 1. The van der Waals surface area contributed by atoms with E-state index in [2.05, 4.69) is 5.32 Å². The summed E-state index contributed by atoms with van der Waals surface area (Å²) < 4.78 is 39.8. The van der Waals surface area contributed by atoms with Crippen molar-refractivity contribution in [2.45, 2.75) is 17.9 Å². The second-order valence-corrected chi connectivity index (χ2v) is 8.65. The van der Waals surface area contributed by atoms with E-state index in [9.17, 15) is 17.6 Å². The van der Waals surface area contributed by atoms with Gasteiger partial charge in [0.05, 0.1) is 22.2 Å². The highest BCUT2D eigenvalue weighted by Gasteiger charge is 2.32. The van der Waals surface area contributed by atoms with Crippen LogP contribution in [0.2, 0.25) is 0 Å². The number of nitrogens with one attached hydrogen (secondary N) is 1. The molecule has 1 fully saturated rings. The first-order valence-corrected chi connectivity index (χ1v) is 10.6. The number of hydrogen-bond donors (Lipinski definition) is 1. The average molecular weight is 416 g/mol. The van der Waals surface area contributed by atoms with Crippen molar-refractivity contribution < 1.29 is 17.6 Å². The first-order valence-electron chi connectivity index (χ1n) is 9.12. The Morgan fingerprint density at radius 3 is 2.34 bits per heavy atom. The Morgan fingerprint density at radius 2 is 1.72 bits per heavy atom. The van der Waals surface area contributed by atoms with Gasteiger partial charge in [0.2, 0.25) is 15.9 Å². The number of rotatable bonds is 5. The number of anilines is 1. The first kappa shape index (κ1) is 20.9. The molecule has 0 spiro atoms. The second kappa shape index (κ2) is 8.69. The number of piperazine rings is 1. The second-order valence-electron chi connectivity index (χ2n) is 6.72. The third-order valence-corrected chi connectivity index (χ3v) is 6.87. The summed E-state index contributed by atoms with van der Waals surface area (Å²) in [5.74, 6) is -0.755. The molecule has 3 rings (SSSR count). The van der Waals surface area contributed by atoms with E-state index in [1.165, 1.54) is 16.4 Å². The van der Waals surface area contributed by atoms with Gasteiger partial charge in [0.1, 0.15) is 11.9 Å². The number of benzene rings is 2. The Hall–Kier alpha value is -2.80. The zero-order chi connectivity index (χ0) is 21.0. The summed E-state index contributed by atoms with van der Waals surface area (Å²) >= 11 is 0. The van der Waals surface area contributed by atoms with Gasteiger partial charge < -0.3 is 5.32 Å². The van der Waals surface area contributed by atoms with Crippen molar-refractivity contribution in [3.8, 4) is 6.07 Å². The third-order valence-electron chi connectivity index (χ3n) is 4.96. The molecule has 2 aromatic carbocycles. The zero-order valence-corrected chi connectivity index (χ0v) is 16.7. The van der Waals surface area contributed by atoms with Crippen molar-refractivity contribution >= 4 is 21.6 Å². The Morgan fingerprint density at radius 1 is 1.10 bits per heavy atom. The molecule has 1 atom stereocenters.